The predicted molar refractivity (Wildman–Crippen MR) is 66.6 cm³/mol. The minimum absolute atomic E-state index is 0.176. The predicted octanol–water partition coefficient (Wildman–Crippen LogP) is 2.17. The molecule has 1 aromatic heterocycles. The van der Waals surface area contributed by atoms with Crippen LogP contribution < -0.4 is 10.5 Å². The van der Waals surface area contributed by atoms with Gasteiger partial charge in [-0.25, -0.2) is 9.97 Å². The fourth-order valence-corrected chi connectivity index (χ4v) is 1.60. The molecule has 1 unspecified atom stereocenters. The number of aromatic nitrogens is 2. The first-order valence-corrected chi connectivity index (χ1v) is 5.44. The van der Waals surface area contributed by atoms with Gasteiger partial charge in [0.15, 0.2) is 0 Å². The Balaban J connectivity index is 2.49. The number of ether oxygens (including phenoxy) is 1. The average Bonchev–Trinajstić information content (AvgIpc) is 2.39. The van der Waals surface area contributed by atoms with Crippen LogP contribution in [0.1, 0.15) is 18.8 Å². The van der Waals surface area contributed by atoms with Gasteiger partial charge in [-0.3, -0.25) is 0 Å². The lowest BCUT2D eigenvalue weighted by Gasteiger charge is -2.09. The number of methoxy groups -OCH3 is 1. The Labute approximate surface area is 100 Å². The van der Waals surface area contributed by atoms with E-state index in [9.17, 15) is 0 Å². The first-order valence-electron chi connectivity index (χ1n) is 5.44. The molecule has 0 aliphatic carbocycles. The summed E-state index contributed by atoms with van der Waals surface area (Å²) >= 11 is 0. The third kappa shape index (κ3) is 2.42. The molecule has 0 aliphatic heterocycles. The first kappa shape index (κ1) is 11.5. The molecular formula is C13H15N3O. The van der Waals surface area contributed by atoms with E-state index in [4.69, 9.17) is 10.5 Å². The van der Waals surface area contributed by atoms with Crippen LogP contribution in [0.3, 0.4) is 0 Å². The minimum atomic E-state index is -0.176. The van der Waals surface area contributed by atoms with E-state index in [1.165, 1.54) is 0 Å². The summed E-state index contributed by atoms with van der Waals surface area (Å²) in [7, 11) is 1.65. The van der Waals surface area contributed by atoms with Gasteiger partial charge in [0.2, 0.25) is 0 Å². The van der Waals surface area contributed by atoms with Crippen molar-refractivity contribution in [3.63, 3.8) is 0 Å². The van der Waals surface area contributed by atoms with Crippen molar-refractivity contribution in [3.05, 3.63) is 42.4 Å². The molecule has 0 fully saturated rings. The average molecular weight is 229 g/mol. The monoisotopic (exact) mass is 229 g/mol. The molecule has 2 aromatic rings. The molecule has 2 N–H and O–H groups in total. The molecule has 4 heteroatoms. The number of benzene rings is 1. The van der Waals surface area contributed by atoms with Crippen LogP contribution in [0.2, 0.25) is 0 Å². The summed E-state index contributed by atoms with van der Waals surface area (Å²) in [4.78, 5) is 8.58. The van der Waals surface area contributed by atoms with E-state index in [0.29, 0.717) is 5.82 Å². The van der Waals surface area contributed by atoms with Gasteiger partial charge < -0.3 is 10.5 Å². The molecule has 0 aliphatic rings. The third-order valence-electron chi connectivity index (χ3n) is 2.46. The highest BCUT2D eigenvalue weighted by Crippen LogP contribution is 2.27. The molecule has 4 nitrogen and oxygen atoms in total. The standard InChI is InChI=1S/C13H15N3O/c1-9(14)13-15-8-7-11(16-13)10-5-3-4-6-12(10)17-2/h3-9H,14H2,1-2H3. The van der Waals surface area contributed by atoms with Gasteiger partial charge in [-0.05, 0) is 25.1 Å². The maximum atomic E-state index is 5.77. The fourth-order valence-electron chi connectivity index (χ4n) is 1.60. The van der Waals surface area contributed by atoms with Crippen molar-refractivity contribution in [2.45, 2.75) is 13.0 Å². The van der Waals surface area contributed by atoms with E-state index in [0.717, 1.165) is 17.0 Å². The molecule has 1 atom stereocenters. The van der Waals surface area contributed by atoms with Crippen molar-refractivity contribution in [3.8, 4) is 17.0 Å². The highest BCUT2D eigenvalue weighted by atomic mass is 16.5. The lowest BCUT2D eigenvalue weighted by molar-refractivity contribution is 0.416. The van der Waals surface area contributed by atoms with Gasteiger partial charge in [0, 0.05) is 11.8 Å². The molecule has 88 valence electrons. The van der Waals surface area contributed by atoms with Crippen LogP contribution in [0, 0.1) is 0 Å². The highest BCUT2D eigenvalue weighted by molar-refractivity contribution is 5.66. The maximum Gasteiger partial charge on any atom is 0.145 e. The Morgan fingerprint density at radius 1 is 1.24 bits per heavy atom. The fraction of sp³-hybridized carbons (Fsp3) is 0.231. The molecule has 0 saturated heterocycles. The molecule has 0 saturated carbocycles. The van der Waals surface area contributed by atoms with E-state index in [2.05, 4.69) is 9.97 Å². The summed E-state index contributed by atoms with van der Waals surface area (Å²) in [5.74, 6) is 1.43. The van der Waals surface area contributed by atoms with Gasteiger partial charge in [-0.2, -0.15) is 0 Å². The van der Waals surface area contributed by atoms with Crippen molar-refractivity contribution in [1.29, 1.82) is 0 Å². The van der Waals surface area contributed by atoms with Crippen molar-refractivity contribution >= 4 is 0 Å². The van der Waals surface area contributed by atoms with Crippen molar-refractivity contribution < 1.29 is 4.74 Å². The summed E-state index contributed by atoms with van der Waals surface area (Å²) < 4.78 is 5.31. The number of para-hydroxylation sites is 1. The van der Waals surface area contributed by atoms with Gasteiger partial charge in [0.25, 0.3) is 0 Å². The molecule has 17 heavy (non-hydrogen) atoms. The topological polar surface area (TPSA) is 61.0 Å². The van der Waals surface area contributed by atoms with Gasteiger partial charge in [0.05, 0.1) is 18.8 Å². The quantitative estimate of drug-likeness (QED) is 0.876. The van der Waals surface area contributed by atoms with Gasteiger partial charge >= 0.3 is 0 Å². The lowest BCUT2D eigenvalue weighted by Crippen LogP contribution is -2.10. The molecule has 2 rings (SSSR count). The normalized spacial score (nSPS) is 12.2. The Hall–Kier alpha value is -1.94. The van der Waals surface area contributed by atoms with Gasteiger partial charge in [0.1, 0.15) is 11.6 Å². The van der Waals surface area contributed by atoms with E-state index in [-0.39, 0.29) is 6.04 Å². The van der Waals surface area contributed by atoms with E-state index in [1.807, 2.05) is 37.3 Å². The zero-order valence-corrected chi connectivity index (χ0v) is 9.92. The second kappa shape index (κ2) is 4.93. The summed E-state index contributed by atoms with van der Waals surface area (Å²) in [6.07, 6.45) is 1.72. The molecule has 1 aromatic carbocycles. The lowest BCUT2D eigenvalue weighted by atomic mass is 10.1. The summed E-state index contributed by atoms with van der Waals surface area (Å²) in [6, 6.07) is 9.42. The van der Waals surface area contributed by atoms with Crippen LogP contribution >= 0.6 is 0 Å². The molecule has 1 heterocycles. The van der Waals surface area contributed by atoms with E-state index >= 15 is 0 Å². The number of nitrogens with zero attached hydrogens (tertiary/aromatic N) is 2. The van der Waals surface area contributed by atoms with Gasteiger partial charge in [-0.15, -0.1) is 0 Å². The Bertz CT molecular complexity index is 512. The summed E-state index contributed by atoms with van der Waals surface area (Å²) in [6.45, 7) is 1.86. The van der Waals surface area contributed by atoms with Crippen LogP contribution in [-0.2, 0) is 0 Å². The largest absolute Gasteiger partial charge is 0.496 e. The number of rotatable bonds is 3. The Morgan fingerprint density at radius 3 is 2.71 bits per heavy atom. The minimum Gasteiger partial charge on any atom is -0.496 e. The highest BCUT2D eigenvalue weighted by Gasteiger charge is 2.09. The number of hydrogen-bond donors (Lipinski definition) is 1. The van der Waals surface area contributed by atoms with Crippen molar-refractivity contribution in [2.75, 3.05) is 7.11 Å². The molecule has 0 bridgehead atoms. The molecule has 0 radical (unpaired) electrons. The second-order valence-electron chi connectivity index (χ2n) is 3.79. The van der Waals surface area contributed by atoms with Crippen LogP contribution in [0.15, 0.2) is 36.5 Å². The number of nitrogens with two attached hydrogens (primary N) is 1. The maximum absolute atomic E-state index is 5.77. The van der Waals surface area contributed by atoms with Crippen molar-refractivity contribution in [2.24, 2.45) is 5.73 Å². The smallest absolute Gasteiger partial charge is 0.145 e. The first-order chi connectivity index (χ1) is 8.22. The van der Waals surface area contributed by atoms with Crippen LogP contribution in [0.4, 0.5) is 0 Å². The third-order valence-corrected chi connectivity index (χ3v) is 2.46. The van der Waals surface area contributed by atoms with E-state index < -0.39 is 0 Å². The molecule has 0 amide bonds. The Kier molecular flexibility index (Phi) is 3.35. The van der Waals surface area contributed by atoms with Crippen LogP contribution in [0.5, 0.6) is 5.75 Å². The zero-order chi connectivity index (χ0) is 12.3. The summed E-state index contributed by atoms with van der Waals surface area (Å²) in [5, 5.41) is 0. The second-order valence-corrected chi connectivity index (χ2v) is 3.79. The van der Waals surface area contributed by atoms with Crippen LogP contribution in [-0.4, -0.2) is 17.1 Å². The zero-order valence-electron chi connectivity index (χ0n) is 9.92. The van der Waals surface area contributed by atoms with Gasteiger partial charge in [-0.1, -0.05) is 12.1 Å². The molecular weight excluding hydrogens is 214 g/mol. The number of hydrogen-bond acceptors (Lipinski definition) is 4. The summed E-state index contributed by atoms with van der Waals surface area (Å²) in [5.41, 5.74) is 7.54. The SMILES string of the molecule is COc1ccccc1-c1ccnc(C(C)N)n1. The van der Waals surface area contributed by atoms with E-state index in [1.54, 1.807) is 13.3 Å². The van der Waals surface area contributed by atoms with Crippen molar-refractivity contribution in [1.82, 2.24) is 9.97 Å². The molecule has 0 spiro atoms. The van der Waals surface area contributed by atoms with Crippen LogP contribution in [0.25, 0.3) is 11.3 Å². The Morgan fingerprint density at radius 2 is 2.00 bits per heavy atom.